The molecule has 0 aliphatic heterocycles. The summed E-state index contributed by atoms with van der Waals surface area (Å²) in [6.45, 7) is 0.332. The third-order valence-corrected chi connectivity index (χ3v) is 7.21. The number of pyridine rings is 1. The van der Waals surface area contributed by atoms with Crippen LogP contribution in [0.4, 0.5) is 10.2 Å². The van der Waals surface area contributed by atoms with Crippen molar-refractivity contribution in [3.05, 3.63) is 109 Å². The van der Waals surface area contributed by atoms with Crippen molar-refractivity contribution in [2.75, 3.05) is 18.4 Å². The fraction of sp³-hybridized carbons (Fsp3) is 0.0714. The van der Waals surface area contributed by atoms with Crippen LogP contribution in [-0.4, -0.2) is 41.4 Å². The molecule has 0 unspecified atom stereocenters. The van der Waals surface area contributed by atoms with Crippen molar-refractivity contribution < 1.29 is 17.9 Å². The van der Waals surface area contributed by atoms with E-state index in [1.807, 2.05) is 54.7 Å². The number of hydrogen-bond acceptors (Lipinski definition) is 6. The molecule has 10 heteroatoms. The number of rotatable bonds is 9. The van der Waals surface area contributed by atoms with Gasteiger partial charge in [0.2, 0.25) is 10.0 Å². The topological polar surface area (TPSA) is 109 Å². The minimum Gasteiger partial charge on any atom is -0.508 e. The Balaban J connectivity index is 1.36. The second-order valence-electron chi connectivity index (χ2n) is 8.43. The maximum Gasteiger partial charge on any atom is 0.240 e. The molecule has 0 saturated carbocycles. The summed E-state index contributed by atoms with van der Waals surface area (Å²) in [5.41, 5.74) is 4.00. The number of benzene rings is 3. The van der Waals surface area contributed by atoms with E-state index in [-0.39, 0.29) is 23.7 Å². The summed E-state index contributed by atoms with van der Waals surface area (Å²) in [6.07, 6.45) is 3.57. The molecule has 0 bridgehead atoms. The normalized spacial score (nSPS) is 11.4. The van der Waals surface area contributed by atoms with Gasteiger partial charge in [0, 0.05) is 36.6 Å². The molecule has 0 saturated heterocycles. The van der Waals surface area contributed by atoms with Crippen LogP contribution in [0, 0.1) is 5.82 Å². The molecule has 3 N–H and O–H groups in total. The van der Waals surface area contributed by atoms with Crippen LogP contribution in [0.5, 0.6) is 5.75 Å². The van der Waals surface area contributed by atoms with E-state index in [0.29, 0.717) is 11.5 Å². The Morgan fingerprint density at radius 1 is 0.868 bits per heavy atom. The van der Waals surface area contributed by atoms with Crippen LogP contribution in [0.25, 0.3) is 28.1 Å². The summed E-state index contributed by atoms with van der Waals surface area (Å²) < 4.78 is 42.4. The van der Waals surface area contributed by atoms with Crippen molar-refractivity contribution >= 4 is 15.8 Å². The first kappa shape index (κ1) is 25.1. The van der Waals surface area contributed by atoms with Gasteiger partial charge in [0.15, 0.2) is 0 Å². The van der Waals surface area contributed by atoms with Crippen LogP contribution >= 0.6 is 0 Å². The van der Waals surface area contributed by atoms with Crippen LogP contribution in [0.2, 0.25) is 0 Å². The average molecular weight is 530 g/mol. The summed E-state index contributed by atoms with van der Waals surface area (Å²) in [5, 5.41) is 18.0. The molecule has 5 aromatic rings. The smallest absolute Gasteiger partial charge is 0.240 e. The van der Waals surface area contributed by atoms with Gasteiger partial charge in [0.1, 0.15) is 23.1 Å². The lowest BCUT2D eigenvalue weighted by Crippen LogP contribution is -2.29. The number of aromatic hydroxyl groups is 1. The van der Waals surface area contributed by atoms with Gasteiger partial charge >= 0.3 is 0 Å². The van der Waals surface area contributed by atoms with Gasteiger partial charge in [-0.25, -0.2) is 27.2 Å². The second-order valence-corrected chi connectivity index (χ2v) is 10.2. The molecule has 0 spiro atoms. The summed E-state index contributed by atoms with van der Waals surface area (Å²) in [6, 6.07) is 25.2. The molecule has 192 valence electrons. The third kappa shape index (κ3) is 5.72. The van der Waals surface area contributed by atoms with Gasteiger partial charge < -0.3 is 10.4 Å². The number of phenols is 1. The zero-order chi connectivity index (χ0) is 26.5. The van der Waals surface area contributed by atoms with E-state index >= 15 is 0 Å². The molecule has 8 nitrogen and oxygen atoms in total. The zero-order valence-electron chi connectivity index (χ0n) is 20.1. The number of para-hydroxylation sites is 1. The highest BCUT2D eigenvalue weighted by atomic mass is 32.2. The van der Waals surface area contributed by atoms with E-state index in [1.165, 1.54) is 18.2 Å². The van der Waals surface area contributed by atoms with Gasteiger partial charge in [-0.15, -0.1) is 0 Å². The largest absolute Gasteiger partial charge is 0.508 e. The molecular weight excluding hydrogens is 505 g/mol. The van der Waals surface area contributed by atoms with E-state index in [2.05, 4.69) is 15.0 Å². The van der Waals surface area contributed by atoms with Gasteiger partial charge in [-0.3, -0.25) is 0 Å². The molecule has 2 aromatic heterocycles. The lowest BCUT2D eigenvalue weighted by Gasteiger charge is -2.10. The molecule has 0 aliphatic rings. The maximum absolute atomic E-state index is 13.4. The fourth-order valence-electron chi connectivity index (χ4n) is 3.95. The van der Waals surface area contributed by atoms with Gasteiger partial charge in [0.05, 0.1) is 10.6 Å². The fourth-order valence-corrected chi connectivity index (χ4v) is 5.02. The van der Waals surface area contributed by atoms with Gasteiger partial charge in [-0.2, -0.15) is 5.10 Å². The van der Waals surface area contributed by atoms with E-state index in [0.717, 1.165) is 28.4 Å². The summed E-state index contributed by atoms with van der Waals surface area (Å²) in [7, 11) is -3.83. The van der Waals surface area contributed by atoms with Crippen LogP contribution in [0.1, 0.15) is 0 Å². The Bertz CT molecular complexity index is 1670. The molecule has 0 amide bonds. The third-order valence-electron chi connectivity index (χ3n) is 5.76. The molecule has 5 rings (SSSR count). The van der Waals surface area contributed by atoms with E-state index in [1.54, 1.807) is 29.1 Å². The number of aromatic nitrogens is 3. The first-order chi connectivity index (χ1) is 18.4. The molecule has 38 heavy (non-hydrogen) atoms. The zero-order valence-corrected chi connectivity index (χ0v) is 20.9. The van der Waals surface area contributed by atoms with E-state index in [9.17, 15) is 17.9 Å². The van der Waals surface area contributed by atoms with Crippen molar-refractivity contribution in [1.82, 2.24) is 19.5 Å². The summed E-state index contributed by atoms with van der Waals surface area (Å²) in [5.74, 6) is 0.0648. The quantitative estimate of drug-likeness (QED) is 0.236. The van der Waals surface area contributed by atoms with E-state index < -0.39 is 15.8 Å². The Morgan fingerprint density at radius 2 is 1.68 bits per heavy atom. The van der Waals surface area contributed by atoms with E-state index in [4.69, 9.17) is 5.10 Å². The van der Waals surface area contributed by atoms with Crippen molar-refractivity contribution in [3.63, 3.8) is 0 Å². The number of hydrogen-bond donors (Lipinski definition) is 3. The molecule has 0 aliphatic carbocycles. The van der Waals surface area contributed by atoms with Crippen LogP contribution in [0.3, 0.4) is 0 Å². The number of halogens is 1. The number of sulfonamides is 1. The molecule has 0 atom stereocenters. The predicted molar refractivity (Wildman–Crippen MR) is 144 cm³/mol. The molecule has 0 fully saturated rings. The number of phenolic OH excluding ortho intramolecular Hbond substituents is 1. The highest BCUT2D eigenvalue weighted by Gasteiger charge is 2.16. The van der Waals surface area contributed by atoms with Gasteiger partial charge in [-0.1, -0.05) is 36.4 Å². The van der Waals surface area contributed by atoms with Crippen LogP contribution < -0.4 is 10.0 Å². The van der Waals surface area contributed by atoms with Gasteiger partial charge in [0.25, 0.3) is 0 Å². The number of nitrogens with one attached hydrogen (secondary N) is 2. The van der Waals surface area contributed by atoms with Crippen LogP contribution in [-0.2, 0) is 10.0 Å². The van der Waals surface area contributed by atoms with Gasteiger partial charge in [-0.05, 0) is 60.2 Å². The lowest BCUT2D eigenvalue weighted by molar-refractivity contribution is 0.475. The molecule has 2 heterocycles. The predicted octanol–water partition coefficient (Wildman–Crippen LogP) is 4.84. The summed E-state index contributed by atoms with van der Waals surface area (Å²) in [4.78, 5) is 4.21. The highest BCUT2D eigenvalue weighted by molar-refractivity contribution is 7.89. The molecule has 0 radical (unpaired) electrons. The van der Waals surface area contributed by atoms with Crippen molar-refractivity contribution in [3.8, 4) is 33.8 Å². The molecule has 3 aromatic carbocycles. The van der Waals surface area contributed by atoms with Crippen molar-refractivity contribution in [2.45, 2.75) is 4.90 Å². The number of nitrogens with zero attached hydrogens (tertiary/aromatic N) is 3. The van der Waals surface area contributed by atoms with Crippen molar-refractivity contribution in [1.29, 1.82) is 0 Å². The first-order valence-corrected chi connectivity index (χ1v) is 13.3. The monoisotopic (exact) mass is 529 g/mol. The Hall–Kier alpha value is -4.54. The number of anilines is 1. The standard InChI is InChI=1S/C28H24FN5O3S/c29-22-7-5-11-25(18-22)38(36,37)32-15-14-31-27-17-20(12-13-30-27)26-19-34(23-8-2-1-3-9-23)33-28(26)21-6-4-10-24(35)16-21/h1-13,16-19,32,35H,14-15H2,(H,30,31). The minimum atomic E-state index is -3.83. The Labute approximate surface area is 219 Å². The lowest BCUT2D eigenvalue weighted by atomic mass is 10.0. The summed E-state index contributed by atoms with van der Waals surface area (Å²) >= 11 is 0. The van der Waals surface area contributed by atoms with Crippen LogP contribution in [0.15, 0.2) is 108 Å². The Kier molecular flexibility index (Phi) is 7.16. The second kappa shape index (κ2) is 10.8. The first-order valence-electron chi connectivity index (χ1n) is 11.8. The Morgan fingerprint density at radius 3 is 2.47 bits per heavy atom. The maximum atomic E-state index is 13.4. The SMILES string of the molecule is O=S(=O)(NCCNc1cc(-c2cn(-c3ccccc3)nc2-c2cccc(O)c2)ccn1)c1cccc(F)c1. The van der Waals surface area contributed by atoms with Crippen molar-refractivity contribution in [2.24, 2.45) is 0 Å². The average Bonchev–Trinajstić information content (AvgIpc) is 3.38. The molecular formula is C28H24FN5O3S. The minimum absolute atomic E-state index is 0.0746. The highest BCUT2D eigenvalue weighted by Crippen LogP contribution is 2.34.